The number of carbonyl (C=O) groups is 2. The molecule has 0 radical (unpaired) electrons. The van der Waals surface area contributed by atoms with E-state index in [1.54, 1.807) is 19.5 Å². The molecule has 1 aliphatic rings. The zero-order chi connectivity index (χ0) is 34.0. The average molecular weight is 638 g/mol. The zero-order valence-electron chi connectivity index (χ0n) is 26.7. The van der Waals surface area contributed by atoms with Gasteiger partial charge in [0.15, 0.2) is 0 Å². The highest BCUT2D eigenvalue weighted by Crippen LogP contribution is 2.24. The highest BCUT2D eigenvalue weighted by molar-refractivity contribution is 5.76. The number of hydrogen-bond acceptors (Lipinski definition) is 10. The van der Waals surface area contributed by atoms with Crippen molar-refractivity contribution >= 4 is 24.1 Å². The van der Waals surface area contributed by atoms with Crippen molar-refractivity contribution in [2.24, 2.45) is 0 Å². The lowest BCUT2D eigenvalue weighted by Gasteiger charge is -2.15. The van der Waals surface area contributed by atoms with Crippen LogP contribution in [0.2, 0.25) is 0 Å². The van der Waals surface area contributed by atoms with Gasteiger partial charge in [-0.15, -0.1) is 0 Å². The summed E-state index contributed by atoms with van der Waals surface area (Å²) >= 11 is 0. The molecule has 0 spiro atoms. The fourth-order valence-electron chi connectivity index (χ4n) is 4.58. The van der Waals surface area contributed by atoms with Gasteiger partial charge in [0.05, 0.1) is 20.6 Å². The molecule has 244 valence electrons. The lowest BCUT2D eigenvalue weighted by molar-refractivity contribution is -0.141. The number of rotatable bonds is 12. The van der Waals surface area contributed by atoms with Gasteiger partial charge in [-0.1, -0.05) is 49.4 Å². The Morgan fingerprint density at radius 3 is 2.23 bits per heavy atom. The van der Waals surface area contributed by atoms with Crippen molar-refractivity contribution < 1.29 is 23.8 Å². The SMILES string of the molecule is C=O.CCC(CC(=O)OC)c1ccccc1.COc1ccc(OC2=CCC=C(Nc3c(NCc4cccnc4)c(=O)c3=O)C=C2)cc1. The van der Waals surface area contributed by atoms with Crippen molar-refractivity contribution in [3.63, 3.8) is 0 Å². The lowest BCUT2D eigenvalue weighted by Crippen LogP contribution is -2.37. The first-order valence-corrected chi connectivity index (χ1v) is 15.0. The molecule has 0 saturated carbocycles. The third kappa shape index (κ3) is 10.7. The van der Waals surface area contributed by atoms with Gasteiger partial charge in [-0.05, 0) is 78.4 Å². The second-order valence-electron chi connectivity index (χ2n) is 10.2. The van der Waals surface area contributed by atoms with E-state index in [4.69, 9.17) is 14.3 Å². The molecule has 5 rings (SSSR count). The fraction of sp³-hybridized carbons (Fsp3) is 0.216. The summed E-state index contributed by atoms with van der Waals surface area (Å²) in [7, 11) is 3.04. The maximum atomic E-state index is 12.1. The van der Waals surface area contributed by atoms with Crippen LogP contribution in [0.4, 0.5) is 11.4 Å². The molecule has 0 aliphatic heterocycles. The smallest absolute Gasteiger partial charge is 0.306 e. The van der Waals surface area contributed by atoms with Crippen molar-refractivity contribution in [3.05, 3.63) is 146 Å². The first-order chi connectivity index (χ1) is 22.9. The quantitative estimate of drug-likeness (QED) is 0.139. The minimum Gasteiger partial charge on any atom is -0.497 e. The summed E-state index contributed by atoms with van der Waals surface area (Å²) in [6.45, 7) is 4.49. The summed E-state index contributed by atoms with van der Waals surface area (Å²) in [5.74, 6) is 2.27. The first kappa shape index (κ1) is 35.7. The van der Waals surface area contributed by atoms with Crippen LogP contribution in [0.15, 0.2) is 124 Å². The van der Waals surface area contributed by atoms with Crippen molar-refractivity contribution in [2.75, 3.05) is 24.9 Å². The van der Waals surface area contributed by atoms with Crippen LogP contribution in [-0.4, -0.2) is 32.0 Å². The Hall–Kier alpha value is -5.77. The van der Waals surface area contributed by atoms with Crippen LogP contribution in [0, 0.1) is 0 Å². The highest BCUT2D eigenvalue weighted by Gasteiger charge is 2.21. The minimum atomic E-state index is -0.533. The van der Waals surface area contributed by atoms with Crippen LogP contribution in [0.25, 0.3) is 0 Å². The van der Waals surface area contributed by atoms with E-state index in [1.807, 2.05) is 85.7 Å². The number of allylic oxidation sites excluding steroid dienone is 4. The van der Waals surface area contributed by atoms with Gasteiger partial charge >= 0.3 is 5.97 Å². The summed E-state index contributed by atoms with van der Waals surface area (Å²) in [6, 6.07) is 21.1. The Balaban J connectivity index is 0.000000315. The van der Waals surface area contributed by atoms with E-state index in [0.29, 0.717) is 36.6 Å². The summed E-state index contributed by atoms with van der Waals surface area (Å²) in [5, 5.41) is 6.09. The third-order valence-corrected chi connectivity index (χ3v) is 7.16. The lowest BCUT2D eigenvalue weighted by atomic mass is 9.93. The van der Waals surface area contributed by atoms with E-state index in [-0.39, 0.29) is 23.3 Å². The van der Waals surface area contributed by atoms with Gasteiger partial charge in [-0.25, -0.2) is 0 Å². The summed E-state index contributed by atoms with van der Waals surface area (Å²) in [6.07, 6.45) is 12.9. The van der Waals surface area contributed by atoms with Crippen LogP contribution in [0.5, 0.6) is 11.5 Å². The van der Waals surface area contributed by atoms with E-state index in [9.17, 15) is 14.4 Å². The monoisotopic (exact) mass is 637 g/mol. The number of nitrogens with zero attached hydrogens (tertiary/aromatic N) is 1. The molecule has 1 unspecified atom stereocenters. The molecule has 2 N–H and O–H groups in total. The molecule has 47 heavy (non-hydrogen) atoms. The van der Waals surface area contributed by atoms with Gasteiger partial charge in [0.2, 0.25) is 0 Å². The Kier molecular flexibility index (Phi) is 14.4. The van der Waals surface area contributed by atoms with Gasteiger partial charge in [-0.2, -0.15) is 0 Å². The second kappa shape index (κ2) is 18.9. The first-order valence-electron chi connectivity index (χ1n) is 15.0. The zero-order valence-corrected chi connectivity index (χ0v) is 26.7. The average Bonchev–Trinajstić information content (AvgIpc) is 3.36. The molecule has 10 nitrogen and oxygen atoms in total. The molecule has 1 heterocycles. The maximum Gasteiger partial charge on any atom is 0.306 e. The molecule has 0 amide bonds. The molecular formula is C37H39N3O7. The van der Waals surface area contributed by atoms with Crippen LogP contribution < -0.4 is 31.0 Å². The number of hydrogen-bond donors (Lipinski definition) is 2. The molecule has 4 aromatic rings. The van der Waals surface area contributed by atoms with Crippen molar-refractivity contribution in [1.82, 2.24) is 4.98 Å². The van der Waals surface area contributed by atoms with Crippen LogP contribution in [0.3, 0.4) is 0 Å². The number of pyridine rings is 1. The van der Waals surface area contributed by atoms with Crippen molar-refractivity contribution in [2.45, 2.75) is 38.6 Å². The van der Waals surface area contributed by atoms with E-state index >= 15 is 0 Å². The Bertz CT molecular complexity index is 1720. The molecule has 1 atom stereocenters. The summed E-state index contributed by atoms with van der Waals surface area (Å²) in [5.41, 5.74) is 2.33. The number of benzene rings is 2. The number of anilines is 2. The standard InChI is InChI=1S/C24H21N3O4.C12H16O2.CH2O/c1-30-18-9-11-20(12-10-18)31-19-6-2-5-17(7-8-19)27-22-21(23(28)24(22)29)26-15-16-4-3-13-25-14-16;1-3-10(9-12(13)14-2)11-7-5-4-6-8-11;1-2/h3-14,26-27H,2,15H2,1H3;4-8,10H,3,9H2,1-2H3;1H2. The van der Waals surface area contributed by atoms with Crippen molar-refractivity contribution in [3.8, 4) is 11.5 Å². The maximum absolute atomic E-state index is 12.1. The Morgan fingerprint density at radius 2 is 1.60 bits per heavy atom. The van der Waals surface area contributed by atoms with E-state index in [1.165, 1.54) is 12.7 Å². The molecule has 0 saturated heterocycles. The number of nitrogens with one attached hydrogen (secondary N) is 2. The number of aromatic nitrogens is 1. The predicted molar refractivity (Wildman–Crippen MR) is 183 cm³/mol. The number of ether oxygens (including phenoxy) is 3. The van der Waals surface area contributed by atoms with Gasteiger partial charge in [0, 0.05) is 24.6 Å². The molecule has 0 bridgehead atoms. The Morgan fingerprint density at radius 1 is 0.894 bits per heavy atom. The van der Waals surface area contributed by atoms with Gasteiger partial charge in [0.25, 0.3) is 10.9 Å². The molecular weight excluding hydrogens is 598 g/mol. The van der Waals surface area contributed by atoms with Gasteiger partial charge in [-0.3, -0.25) is 19.4 Å². The van der Waals surface area contributed by atoms with E-state index in [2.05, 4.69) is 39.4 Å². The molecule has 1 aliphatic carbocycles. The summed E-state index contributed by atoms with van der Waals surface area (Å²) in [4.78, 5) is 47.3. The summed E-state index contributed by atoms with van der Waals surface area (Å²) < 4.78 is 15.7. The largest absolute Gasteiger partial charge is 0.497 e. The Labute approximate surface area is 274 Å². The topological polar surface area (TPSA) is 133 Å². The number of carbonyl (C=O) groups excluding carboxylic acids is 2. The minimum absolute atomic E-state index is 0.138. The third-order valence-electron chi connectivity index (χ3n) is 7.16. The normalized spacial score (nSPS) is 12.4. The van der Waals surface area contributed by atoms with Crippen LogP contribution >= 0.6 is 0 Å². The number of methoxy groups -OCH3 is 2. The highest BCUT2D eigenvalue weighted by atomic mass is 16.5. The fourth-order valence-corrected chi connectivity index (χ4v) is 4.58. The second-order valence-corrected chi connectivity index (χ2v) is 10.2. The molecule has 1 aromatic heterocycles. The molecule has 10 heteroatoms. The van der Waals surface area contributed by atoms with E-state index in [0.717, 1.165) is 17.7 Å². The van der Waals surface area contributed by atoms with Crippen LogP contribution in [0.1, 0.15) is 43.2 Å². The van der Waals surface area contributed by atoms with Crippen molar-refractivity contribution in [1.29, 1.82) is 0 Å². The van der Waals surface area contributed by atoms with Crippen LogP contribution in [-0.2, 0) is 20.9 Å². The molecule has 0 fully saturated rings. The predicted octanol–water partition coefficient (Wildman–Crippen LogP) is 6.08. The number of esters is 1. The molecule has 3 aromatic carbocycles. The van der Waals surface area contributed by atoms with Gasteiger partial charge in [0.1, 0.15) is 35.4 Å². The van der Waals surface area contributed by atoms with Gasteiger partial charge < -0.3 is 29.6 Å². The van der Waals surface area contributed by atoms with E-state index < -0.39 is 10.9 Å².